The van der Waals surface area contributed by atoms with Crippen LogP contribution < -0.4 is 5.32 Å². The van der Waals surface area contributed by atoms with Crippen molar-refractivity contribution in [2.24, 2.45) is 0 Å². The Hall–Kier alpha value is -0.830. The Labute approximate surface area is 73.1 Å². The molecular weight excluding hydrogens is 152 g/mol. The van der Waals surface area contributed by atoms with Gasteiger partial charge in [-0.3, -0.25) is 0 Å². The maximum Gasteiger partial charge on any atom is 0.136 e. The van der Waals surface area contributed by atoms with E-state index < -0.39 is 0 Å². The fraction of sp³-hybridized carbons (Fsp3) is 0.667. The van der Waals surface area contributed by atoms with Gasteiger partial charge in [0.25, 0.3) is 0 Å². The first-order valence-corrected chi connectivity index (χ1v) is 4.14. The van der Waals surface area contributed by atoms with Gasteiger partial charge in [-0.1, -0.05) is 5.16 Å². The summed E-state index contributed by atoms with van der Waals surface area (Å²) in [6.07, 6.45) is 2.73. The van der Waals surface area contributed by atoms with Crippen LogP contribution in [0.25, 0.3) is 0 Å². The lowest BCUT2D eigenvalue weighted by molar-refractivity contribution is 0.388. The van der Waals surface area contributed by atoms with Crippen LogP contribution in [0.2, 0.25) is 0 Å². The minimum absolute atomic E-state index is 0.107. The van der Waals surface area contributed by atoms with E-state index in [0.717, 1.165) is 12.2 Å². The van der Waals surface area contributed by atoms with Crippen LogP contribution in [0.5, 0.6) is 0 Å². The molecule has 0 aliphatic carbocycles. The average molecular weight is 168 g/mol. The molecule has 3 nitrogen and oxygen atoms in total. The number of likely N-dealkylation sites (N-methyl/N-ethyl adjacent to an activating group) is 1. The highest BCUT2D eigenvalue weighted by Crippen LogP contribution is 2.14. The predicted molar refractivity (Wildman–Crippen MR) is 48.1 cm³/mol. The highest BCUT2D eigenvalue weighted by Gasteiger charge is 2.17. The summed E-state index contributed by atoms with van der Waals surface area (Å²) in [7, 11) is 1.96. The van der Waals surface area contributed by atoms with Gasteiger partial charge in [-0.15, -0.1) is 0 Å². The Balaban J connectivity index is 2.70. The standard InChI is InChI=1S/C9H16N2O/c1-7-8(6-11-12-7)5-9(2,3)10-4/h6,10H,5H2,1-4H3. The molecule has 0 fully saturated rings. The Morgan fingerprint density at radius 1 is 1.58 bits per heavy atom. The zero-order chi connectivity index (χ0) is 9.19. The van der Waals surface area contributed by atoms with E-state index in [1.54, 1.807) is 6.20 Å². The molecule has 0 saturated heterocycles. The van der Waals surface area contributed by atoms with E-state index in [2.05, 4.69) is 24.3 Å². The van der Waals surface area contributed by atoms with Crippen molar-refractivity contribution >= 4 is 0 Å². The van der Waals surface area contributed by atoms with Crippen molar-refractivity contribution in [2.75, 3.05) is 7.05 Å². The van der Waals surface area contributed by atoms with E-state index in [0.29, 0.717) is 0 Å². The van der Waals surface area contributed by atoms with Crippen molar-refractivity contribution in [1.82, 2.24) is 10.5 Å². The van der Waals surface area contributed by atoms with Crippen LogP contribution in [0.4, 0.5) is 0 Å². The second-order valence-corrected chi connectivity index (χ2v) is 3.72. The molecule has 0 aliphatic heterocycles. The highest BCUT2D eigenvalue weighted by atomic mass is 16.5. The zero-order valence-electron chi connectivity index (χ0n) is 8.14. The normalized spacial score (nSPS) is 12.0. The third kappa shape index (κ3) is 2.08. The molecular formula is C9H16N2O. The van der Waals surface area contributed by atoms with Crippen molar-refractivity contribution in [3.05, 3.63) is 17.5 Å². The number of hydrogen-bond donors (Lipinski definition) is 1. The van der Waals surface area contributed by atoms with Crippen LogP contribution >= 0.6 is 0 Å². The molecule has 3 heteroatoms. The first kappa shape index (κ1) is 9.26. The molecule has 68 valence electrons. The Bertz CT molecular complexity index is 253. The number of nitrogens with one attached hydrogen (secondary N) is 1. The van der Waals surface area contributed by atoms with Crippen LogP contribution in [0.3, 0.4) is 0 Å². The topological polar surface area (TPSA) is 38.1 Å². The average Bonchev–Trinajstić information content (AvgIpc) is 2.36. The summed E-state index contributed by atoms with van der Waals surface area (Å²) in [4.78, 5) is 0. The fourth-order valence-corrected chi connectivity index (χ4v) is 1.05. The molecule has 1 aromatic rings. The van der Waals surface area contributed by atoms with Crippen molar-refractivity contribution in [3.8, 4) is 0 Å². The van der Waals surface area contributed by atoms with E-state index >= 15 is 0 Å². The molecule has 0 unspecified atom stereocenters. The number of aromatic nitrogens is 1. The lowest BCUT2D eigenvalue weighted by atomic mass is 9.96. The van der Waals surface area contributed by atoms with Crippen LogP contribution in [-0.2, 0) is 6.42 Å². The predicted octanol–water partition coefficient (Wildman–Crippen LogP) is 1.52. The fourth-order valence-electron chi connectivity index (χ4n) is 1.05. The summed E-state index contributed by atoms with van der Waals surface area (Å²) < 4.78 is 4.98. The first-order valence-electron chi connectivity index (χ1n) is 4.14. The molecule has 1 N–H and O–H groups in total. The van der Waals surface area contributed by atoms with Gasteiger partial charge in [0.05, 0.1) is 6.20 Å². The smallest absolute Gasteiger partial charge is 0.136 e. The van der Waals surface area contributed by atoms with Gasteiger partial charge in [0, 0.05) is 11.1 Å². The summed E-state index contributed by atoms with van der Waals surface area (Å²) in [5.74, 6) is 0.915. The molecule has 12 heavy (non-hydrogen) atoms. The number of aryl methyl sites for hydroxylation is 1. The van der Waals surface area contributed by atoms with Gasteiger partial charge in [0.2, 0.25) is 0 Å². The minimum Gasteiger partial charge on any atom is -0.361 e. The van der Waals surface area contributed by atoms with Gasteiger partial charge >= 0.3 is 0 Å². The second kappa shape index (κ2) is 3.27. The lowest BCUT2D eigenvalue weighted by Crippen LogP contribution is -2.38. The summed E-state index contributed by atoms with van der Waals surface area (Å²) >= 11 is 0. The van der Waals surface area contributed by atoms with E-state index in [1.807, 2.05) is 14.0 Å². The maximum atomic E-state index is 4.98. The van der Waals surface area contributed by atoms with Gasteiger partial charge in [-0.05, 0) is 34.2 Å². The van der Waals surface area contributed by atoms with Crippen molar-refractivity contribution < 1.29 is 4.52 Å². The Morgan fingerprint density at radius 2 is 2.25 bits per heavy atom. The van der Waals surface area contributed by atoms with E-state index in [1.165, 1.54) is 5.56 Å². The molecule has 0 aliphatic rings. The monoisotopic (exact) mass is 168 g/mol. The van der Waals surface area contributed by atoms with Crippen molar-refractivity contribution in [3.63, 3.8) is 0 Å². The minimum atomic E-state index is 0.107. The second-order valence-electron chi connectivity index (χ2n) is 3.72. The summed E-state index contributed by atoms with van der Waals surface area (Å²) in [5.41, 5.74) is 1.28. The van der Waals surface area contributed by atoms with Gasteiger partial charge in [0.15, 0.2) is 0 Å². The number of nitrogens with zero attached hydrogens (tertiary/aromatic N) is 1. The van der Waals surface area contributed by atoms with Crippen molar-refractivity contribution in [2.45, 2.75) is 32.7 Å². The third-order valence-electron chi connectivity index (χ3n) is 2.16. The van der Waals surface area contributed by atoms with Gasteiger partial charge in [-0.25, -0.2) is 0 Å². The molecule has 0 radical (unpaired) electrons. The highest BCUT2D eigenvalue weighted by molar-refractivity contribution is 5.14. The summed E-state index contributed by atoms with van der Waals surface area (Å²) in [5, 5.41) is 6.97. The van der Waals surface area contributed by atoms with Crippen LogP contribution in [-0.4, -0.2) is 17.7 Å². The Morgan fingerprint density at radius 3 is 2.67 bits per heavy atom. The largest absolute Gasteiger partial charge is 0.361 e. The molecule has 0 spiro atoms. The molecule has 0 amide bonds. The van der Waals surface area contributed by atoms with Crippen molar-refractivity contribution in [1.29, 1.82) is 0 Å². The van der Waals surface area contributed by atoms with E-state index in [9.17, 15) is 0 Å². The third-order valence-corrected chi connectivity index (χ3v) is 2.16. The van der Waals surface area contributed by atoms with Gasteiger partial charge in [0.1, 0.15) is 5.76 Å². The molecule has 1 aromatic heterocycles. The number of rotatable bonds is 3. The number of hydrogen-bond acceptors (Lipinski definition) is 3. The molecule has 0 saturated carbocycles. The SMILES string of the molecule is CNC(C)(C)Cc1cnoc1C. The molecule has 0 aromatic carbocycles. The van der Waals surface area contributed by atoms with Gasteiger partial charge in [-0.2, -0.15) is 0 Å². The lowest BCUT2D eigenvalue weighted by Gasteiger charge is -2.23. The molecule has 1 heterocycles. The van der Waals surface area contributed by atoms with Crippen LogP contribution in [0, 0.1) is 6.92 Å². The summed E-state index contributed by atoms with van der Waals surface area (Å²) in [6.45, 7) is 6.24. The summed E-state index contributed by atoms with van der Waals surface area (Å²) in [6, 6.07) is 0. The zero-order valence-corrected chi connectivity index (χ0v) is 8.14. The molecule has 0 atom stereocenters. The maximum absolute atomic E-state index is 4.98. The quantitative estimate of drug-likeness (QED) is 0.743. The van der Waals surface area contributed by atoms with Gasteiger partial charge < -0.3 is 9.84 Å². The molecule has 1 rings (SSSR count). The van der Waals surface area contributed by atoms with Crippen LogP contribution in [0.1, 0.15) is 25.2 Å². The van der Waals surface area contributed by atoms with E-state index in [-0.39, 0.29) is 5.54 Å². The van der Waals surface area contributed by atoms with E-state index in [4.69, 9.17) is 4.52 Å². The molecule has 0 bridgehead atoms. The first-order chi connectivity index (χ1) is 5.55. The van der Waals surface area contributed by atoms with Crippen LogP contribution in [0.15, 0.2) is 10.7 Å². The Kier molecular flexibility index (Phi) is 2.52.